The lowest BCUT2D eigenvalue weighted by atomic mass is 9.79. The summed E-state index contributed by atoms with van der Waals surface area (Å²) < 4.78 is 0. The van der Waals surface area contributed by atoms with Crippen molar-refractivity contribution in [3.05, 3.63) is 0 Å². The Kier molecular flexibility index (Phi) is 6.54. The molecule has 0 spiro atoms. The fraction of sp³-hybridized carbons (Fsp3) is 1.00. The first-order valence-corrected chi connectivity index (χ1v) is 7.75. The lowest BCUT2D eigenvalue weighted by Gasteiger charge is -2.34. The molecule has 1 N–H and O–H groups in total. The highest BCUT2D eigenvalue weighted by Gasteiger charge is 2.24. The molecule has 1 saturated carbocycles. The molecule has 17 heavy (non-hydrogen) atoms. The fourth-order valence-electron chi connectivity index (χ4n) is 3.05. The van der Waals surface area contributed by atoms with Gasteiger partial charge in [-0.15, -0.1) is 0 Å². The molecule has 1 fully saturated rings. The maximum absolute atomic E-state index is 3.86. The van der Waals surface area contributed by atoms with Crippen molar-refractivity contribution in [3.63, 3.8) is 0 Å². The van der Waals surface area contributed by atoms with Gasteiger partial charge in [-0.3, -0.25) is 0 Å². The third kappa shape index (κ3) is 5.90. The number of hydrogen-bond acceptors (Lipinski definition) is 1. The lowest BCUT2D eigenvalue weighted by molar-refractivity contribution is 0.219. The Labute approximate surface area is 109 Å². The zero-order valence-corrected chi connectivity index (χ0v) is 12.6. The Morgan fingerprint density at radius 1 is 1.00 bits per heavy atom. The largest absolute Gasteiger partial charge is 0.311 e. The van der Waals surface area contributed by atoms with Crippen molar-refractivity contribution in [1.29, 1.82) is 0 Å². The van der Waals surface area contributed by atoms with Crippen molar-refractivity contribution >= 4 is 0 Å². The van der Waals surface area contributed by atoms with Gasteiger partial charge < -0.3 is 5.32 Å². The van der Waals surface area contributed by atoms with Gasteiger partial charge in [0.25, 0.3) is 0 Å². The van der Waals surface area contributed by atoms with Crippen LogP contribution in [0, 0.1) is 17.8 Å². The topological polar surface area (TPSA) is 12.0 Å². The molecule has 0 aromatic carbocycles. The van der Waals surface area contributed by atoms with Crippen molar-refractivity contribution in [1.82, 2.24) is 5.32 Å². The summed E-state index contributed by atoms with van der Waals surface area (Å²) in [6.07, 6.45) is 8.38. The van der Waals surface area contributed by atoms with Gasteiger partial charge in [0.05, 0.1) is 0 Å². The van der Waals surface area contributed by atoms with Crippen LogP contribution in [-0.4, -0.2) is 12.1 Å². The molecule has 102 valence electrons. The van der Waals surface area contributed by atoms with Gasteiger partial charge in [-0.25, -0.2) is 0 Å². The minimum Gasteiger partial charge on any atom is -0.311 e. The standard InChI is InChI=1S/C16H33N/c1-12(2)9-10-14(5)17-16-8-6-7-15(11-16)13(3)4/h12-17H,6-11H2,1-5H3. The van der Waals surface area contributed by atoms with E-state index in [1.165, 1.54) is 38.5 Å². The van der Waals surface area contributed by atoms with Crippen molar-refractivity contribution in [3.8, 4) is 0 Å². The van der Waals surface area contributed by atoms with E-state index >= 15 is 0 Å². The first-order valence-electron chi connectivity index (χ1n) is 7.75. The summed E-state index contributed by atoms with van der Waals surface area (Å²) in [5, 5.41) is 3.86. The molecule has 0 aliphatic heterocycles. The summed E-state index contributed by atoms with van der Waals surface area (Å²) in [5.41, 5.74) is 0. The molecular formula is C16H33N. The molecule has 0 bridgehead atoms. The van der Waals surface area contributed by atoms with E-state index < -0.39 is 0 Å². The number of rotatable bonds is 6. The zero-order valence-electron chi connectivity index (χ0n) is 12.6. The van der Waals surface area contributed by atoms with Gasteiger partial charge in [-0.2, -0.15) is 0 Å². The highest BCUT2D eigenvalue weighted by Crippen LogP contribution is 2.30. The van der Waals surface area contributed by atoms with Gasteiger partial charge in [0.2, 0.25) is 0 Å². The molecule has 1 rings (SSSR count). The van der Waals surface area contributed by atoms with E-state index in [1.54, 1.807) is 0 Å². The normalized spacial score (nSPS) is 27.7. The van der Waals surface area contributed by atoms with Crippen molar-refractivity contribution < 1.29 is 0 Å². The number of hydrogen-bond donors (Lipinski definition) is 1. The molecule has 1 heteroatoms. The third-order valence-electron chi connectivity index (χ3n) is 4.35. The van der Waals surface area contributed by atoms with E-state index in [-0.39, 0.29) is 0 Å². The second-order valence-electron chi connectivity index (χ2n) is 6.91. The third-order valence-corrected chi connectivity index (χ3v) is 4.35. The molecule has 0 heterocycles. The van der Waals surface area contributed by atoms with Gasteiger partial charge in [-0.1, -0.05) is 40.5 Å². The molecule has 0 aromatic rings. The highest BCUT2D eigenvalue weighted by molar-refractivity contribution is 4.81. The minimum atomic E-state index is 0.702. The van der Waals surface area contributed by atoms with Crippen molar-refractivity contribution in [2.24, 2.45) is 17.8 Å². The minimum absolute atomic E-state index is 0.702. The second-order valence-corrected chi connectivity index (χ2v) is 6.91. The summed E-state index contributed by atoms with van der Waals surface area (Å²) in [5.74, 6) is 2.66. The predicted molar refractivity (Wildman–Crippen MR) is 77.3 cm³/mol. The molecule has 1 nitrogen and oxygen atoms in total. The summed E-state index contributed by atoms with van der Waals surface area (Å²) in [6, 6.07) is 1.49. The van der Waals surface area contributed by atoms with Crippen LogP contribution in [0.4, 0.5) is 0 Å². The molecule has 1 aliphatic rings. The molecule has 0 saturated heterocycles. The van der Waals surface area contributed by atoms with Crippen molar-refractivity contribution in [2.75, 3.05) is 0 Å². The Balaban J connectivity index is 2.25. The van der Waals surface area contributed by atoms with Crippen LogP contribution in [-0.2, 0) is 0 Å². The van der Waals surface area contributed by atoms with E-state index in [4.69, 9.17) is 0 Å². The Hall–Kier alpha value is -0.0400. The van der Waals surface area contributed by atoms with Crippen LogP contribution in [0.5, 0.6) is 0 Å². The quantitative estimate of drug-likeness (QED) is 0.713. The second kappa shape index (κ2) is 7.41. The van der Waals surface area contributed by atoms with E-state index in [9.17, 15) is 0 Å². The Morgan fingerprint density at radius 2 is 1.71 bits per heavy atom. The Bertz CT molecular complexity index is 198. The summed E-state index contributed by atoms with van der Waals surface area (Å²) in [4.78, 5) is 0. The fourth-order valence-corrected chi connectivity index (χ4v) is 3.05. The molecular weight excluding hydrogens is 206 g/mol. The monoisotopic (exact) mass is 239 g/mol. The van der Waals surface area contributed by atoms with Crippen LogP contribution >= 0.6 is 0 Å². The first-order chi connectivity index (χ1) is 7.99. The first kappa shape index (κ1) is 15.0. The van der Waals surface area contributed by atoms with Crippen LogP contribution in [0.1, 0.15) is 73.1 Å². The molecule has 0 radical (unpaired) electrons. The van der Waals surface area contributed by atoms with Crippen LogP contribution in [0.25, 0.3) is 0 Å². The molecule has 0 aromatic heterocycles. The van der Waals surface area contributed by atoms with Crippen LogP contribution < -0.4 is 5.32 Å². The predicted octanol–water partition coefficient (Wildman–Crippen LogP) is 4.62. The summed E-state index contributed by atoms with van der Waals surface area (Å²) in [6.45, 7) is 11.8. The lowest BCUT2D eigenvalue weighted by Crippen LogP contribution is -2.40. The molecule has 3 atom stereocenters. The average molecular weight is 239 g/mol. The van der Waals surface area contributed by atoms with Crippen molar-refractivity contribution in [2.45, 2.75) is 85.2 Å². The summed E-state index contributed by atoms with van der Waals surface area (Å²) >= 11 is 0. The van der Waals surface area contributed by atoms with E-state index in [0.29, 0.717) is 6.04 Å². The van der Waals surface area contributed by atoms with Crippen LogP contribution in [0.15, 0.2) is 0 Å². The maximum Gasteiger partial charge on any atom is 0.00722 e. The van der Waals surface area contributed by atoms with Gasteiger partial charge in [0.15, 0.2) is 0 Å². The van der Waals surface area contributed by atoms with E-state index in [0.717, 1.165) is 23.8 Å². The van der Waals surface area contributed by atoms with E-state index in [1.807, 2.05) is 0 Å². The van der Waals surface area contributed by atoms with Gasteiger partial charge in [-0.05, 0) is 50.4 Å². The molecule has 0 amide bonds. The van der Waals surface area contributed by atoms with E-state index in [2.05, 4.69) is 39.9 Å². The Morgan fingerprint density at radius 3 is 2.29 bits per heavy atom. The van der Waals surface area contributed by atoms with Crippen LogP contribution in [0.3, 0.4) is 0 Å². The van der Waals surface area contributed by atoms with Gasteiger partial charge in [0.1, 0.15) is 0 Å². The zero-order chi connectivity index (χ0) is 12.8. The van der Waals surface area contributed by atoms with Gasteiger partial charge in [0, 0.05) is 12.1 Å². The molecule has 3 unspecified atom stereocenters. The SMILES string of the molecule is CC(C)CCC(C)NC1CCCC(C(C)C)C1. The number of nitrogens with one attached hydrogen (secondary N) is 1. The maximum atomic E-state index is 3.86. The highest BCUT2D eigenvalue weighted by atomic mass is 14.9. The smallest absolute Gasteiger partial charge is 0.00722 e. The average Bonchev–Trinajstić information content (AvgIpc) is 2.26. The molecule has 1 aliphatic carbocycles. The van der Waals surface area contributed by atoms with Crippen LogP contribution in [0.2, 0.25) is 0 Å². The van der Waals surface area contributed by atoms with Gasteiger partial charge >= 0.3 is 0 Å². The summed E-state index contributed by atoms with van der Waals surface area (Å²) in [7, 11) is 0.